The van der Waals surface area contributed by atoms with Crippen LogP contribution in [0.3, 0.4) is 0 Å². The van der Waals surface area contributed by atoms with Crippen molar-refractivity contribution in [1.82, 2.24) is 15.1 Å². The van der Waals surface area contributed by atoms with Crippen molar-refractivity contribution in [2.75, 3.05) is 39.4 Å². The molecule has 2 amide bonds. The van der Waals surface area contributed by atoms with Gasteiger partial charge in [0.25, 0.3) is 0 Å². The van der Waals surface area contributed by atoms with Gasteiger partial charge in [0.2, 0.25) is 11.8 Å². The van der Waals surface area contributed by atoms with Crippen molar-refractivity contribution in [3.05, 3.63) is 35.4 Å². The standard InChI is InChI=1S/C19H27N3O3/c1-15(23)22-14-17-6-3-2-5-16(17)13-18(22)19(24)20-7-4-8-21-9-11-25-12-10-21/h2-3,5-6,18H,4,7-14H2,1H3,(H,20,24). The van der Waals surface area contributed by atoms with Crippen LogP contribution in [-0.2, 0) is 27.3 Å². The summed E-state index contributed by atoms with van der Waals surface area (Å²) in [5, 5.41) is 3.02. The van der Waals surface area contributed by atoms with Crippen LogP contribution in [0.25, 0.3) is 0 Å². The van der Waals surface area contributed by atoms with E-state index in [1.807, 2.05) is 24.3 Å². The normalized spacial score (nSPS) is 20.8. The molecule has 3 rings (SSSR count). The van der Waals surface area contributed by atoms with Crippen LogP contribution < -0.4 is 5.32 Å². The summed E-state index contributed by atoms with van der Waals surface area (Å²) in [5.41, 5.74) is 2.29. The first-order valence-corrected chi connectivity index (χ1v) is 9.07. The topological polar surface area (TPSA) is 61.9 Å². The fourth-order valence-corrected chi connectivity index (χ4v) is 3.54. The van der Waals surface area contributed by atoms with Crippen LogP contribution in [0.2, 0.25) is 0 Å². The highest BCUT2D eigenvalue weighted by molar-refractivity contribution is 5.87. The van der Waals surface area contributed by atoms with E-state index in [4.69, 9.17) is 4.74 Å². The zero-order valence-corrected chi connectivity index (χ0v) is 14.9. The van der Waals surface area contributed by atoms with Crippen LogP contribution >= 0.6 is 0 Å². The fraction of sp³-hybridized carbons (Fsp3) is 0.579. The number of rotatable bonds is 5. The molecular formula is C19H27N3O3. The Bertz CT molecular complexity index is 614. The Morgan fingerprint density at radius 1 is 1.20 bits per heavy atom. The molecule has 0 bridgehead atoms. The van der Waals surface area contributed by atoms with Gasteiger partial charge in [0, 0.05) is 39.5 Å². The van der Waals surface area contributed by atoms with Crippen LogP contribution in [0.5, 0.6) is 0 Å². The molecule has 0 radical (unpaired) electrons. The number of fused-ring (bicyclic) bond motifs is 1. The van der Waals surface area contributed by atoms with Crippen LogP contribution in [0.1, 0.15) is 24.5 Å². The molecule has 1 aromatic carbocycles. The van der Waals surface area contributed by atoms with E-state index >= 15 is 0 Å². The summed E-state index contributed by atoms with van der Waals surface area (Å²) in [4.78, 5) is 28.7. The molecule has 0 saturated carbocycles. The SMILES string of the molecule is CC(=O)N1Cc2ccccc2CC1C(=O)NCCCN1CCOCC1. The number of carbonyl (C=O) groups is 2. The fourth-order valence-electron chi connectivity index (χ4n) is 3.54. The lowest BCUT2D eigenvalue weighted by atomic mass is 9.93. The number of benzene rings is 1. The van der Waals surface area contributed by atoms with Gasteiger partial charge in [0.1, 0.15) is 6.04 Å². The molecule has 1 unspecified atom stereocenters. The van der Waals surface area contributed by atoms with Gasteiger partial charge in [0.05, 0.1) is 13.2 Å². The van der Waals surface area contributed by atoms with Gasteiger partial charge < -0.3 is 15.0 Å². The van der Waals surface area contributed by atoms with Crippen LogP contribution in [-0.4, -0.2) is 67.0 Å². The Labute approximate surface area is 149 Å². The number of morpholine rings is 1. The molecular weight excluding hydrogens is 318 g/mol. The Morgan fingerprint density at radius 2 is 1.92 bits per heavy atom. The third kappa shape index (κ3) is 4.58. The molecule has 2 aliphatic heterocycles. The van der Waals surface area contributed by atoms with Crippen LogP contribution in [0.15, 0.2) is 24.3 Å². The Morgan fingerprint density at radius 3 is 2.64 bits per heavy atom. The smallest absolute Gasteiger partial charge is 0.243 e. The highest BCUT2D eigenvalue weighted by Gasteiger charge is 2.32. The van der Waals surface area contributed by atoms with Crippen LogP contribution in [0, 0.1) is 0 Å². The lowest BCUT2D eigenvalue weighted by Gasteiger charge is -2.35. The van der Waals surface area contributed by atoms with Gasteiger partial charge >= 0.3 is 0 Å². The molecule has 1 N–H and O–H groups in total. The zero-order valence-electron chi connectivity index (χ0n) is 14.9. The van der Waals surface area contributed by atoms with E-state index in [1.165, 1.54) is 6.92 Å². The van der Waals surface area contributed by atoms with Gasteiger partial charge in [-0.15, -0.1) is 0 Å². The van der Waals surface area contributed by atoms with E-state index < -0.39 is 6.04 Å². The molecule has 1 saturated heterocycles. The molecule has 0 spiro atoms. The molecule has 2 heterocycles. The molecule has 136 valence electrons. The molecule has 6 nitrogen and oxygen atoms in total. The van der Waals surface area contributed by atoms with Crippen molar-refractivity contribution < 1.29 is 14.3 Å². The second-order valence-corrected chi connectivity index (χ2v) is 6.73. The molecule has 25 heavy (non-hydrogen) atoms. The summed E-state index contributed by atoms with van der Waals surface area (Å²) in [6, 6.07) is 7.63. The molecule has 1 atom stereocenters. The Hall–Kier alpha value is -1.92. The van der Waals surface area contributed by atoms with Gasteiger partial charge in [-0.2, -0.15) is 0 Å². The maximum atomic E-state index is 12.6. The van der Waals surface area contributed by atoms with Crippen molar-refractivity contribution in [2.24, 2.45) is 0 Å². The first kappa shape index (κ1) is 17.9. The van der Waals surface area contributed by atoms with Gasteiger partial charge in [-0.05, 0) is 24.1 Å². The largest absolute Gasteiger partial charge is 0.379 e. The van der Waals surface area contributed by atoms with Gasteiger partial charge in [-0.1, -0.05) is 24.3 Å². The average molecular weight is 345 g/mol. The number of hydrogen-bond acceptors (Lipinski definition) is 4. The first-order chi connectivity index (χ1) is 12.1. The number of carbonyl (C=O) groups excluding carboxylic acids is 2. The van der Waals surface area contributed by atoms with Crippen LogP contribution in [0.4, 0.5) is 0 Å². The maximum Gasteiger partial charge on any atom is 0.243 e. The maximum absolute atomic E-state index is 12.6. The first-order valence-electron chi connectivity index (χ1n) is 9.07. The number of nitrogens with zero attached hydrogens (tertiary/aromatic N) is 2. The summed E-state index contributed by atoms with van der Waals surface area (Å²) >= 11 is 0. The third-order valence-corrected chi connectivity index (χ3v) is 5.01. The van der Waals surface area contributed by atoms with E-state index in [9.17, 15) is 9.59 Å². The summed E-state index contributed by atoms with van der Waals surface area (Å²) in [5.74, 6) is -0.102. The van der Waals surface area contributed by atoms with Crippen molar-refractivity contribution in [1.29, 1.82) is 0 Å². The molecule has 0 aromatic heterocycles. The van der Waals surface area contributed by atoms with Gasteiger partial charge in [0.15, 0.2) is 0 Å². The van der Waals surface area contributed by atoms with Crippen molar-refractivity contribution in [2.45, 2.75) is 32.4 Å². The molecule has 2 aliphatic rings. The van der Waals surface area contributed by atoms with E-state index in [2.05, 4.69) is 10.2 Å². The quantitative estimate of drug-likeness (QED) is 0.802. The Kier molecular flexibility index (Phi) is 6.04. The predicted octanol–water partition coefficient (Wildman–Crippen LogP) is 0.798. The van der Waals surface area contributed by atoms with E-state index in [0.29, 0.717) is 19.5 Å². The van der Waals surface area contributed by atoms with Gasteiger partial charge in [-0.3, -0.25) is 14.5 Å². The predicted molar refractivity (Wildman–Crippen MR) is 95.0 cm³/mol. The highest BCUT2D eigenvalue weighted by atomic mass is 16.5. The molecule has 1 fully saturated rings. The third-order valence-electron chi connectivity index (χ3n) is 5.01. The van der Waals surface area contributed by atoms with Crippen molar-refractivity contribution in [3.8, 4) is 0 Å². The molecule has 0 aliphatic carbocycles. The Balaban J connectivity index is 1.52. The number of hydrogen-bond donors (Lipinski definition) is 1. The number of amides is 2. The minimum absolute atomic E-state index is 0.0494. The summed E-state index contributed by atoms with van der Waals surface area (Å²) < 4.78 is 5.34. The average Bonchev–Trinajstić information content (AvgIpc) is 2.64. The van der Waals surface area contributed by atoms with E-state index in [0.717, 1.165) is 50.4 Å². The molecule has 1 aromatic rings. The lowest BCUT2D eigenvalue weighted by molar-refractivity contribution is -0.140. The summed E-state index contributed by atoms with van der Waals surface area (Å²) in [7, 11) is 0. The number of nitrogens with one attached hydrogen (secondary N) is 1. The zero-order chi connectivity index (χ0) is 17.6. The van der Waals surface area contributed by atoms with Crippen molar-refractivity contribution in [3.63, 3.8) is 0 Å². The number of ether oxygens (including phenoxy) is 1. The lowest BCUT2D eigenvalue weighted by Crippen LogP contribution is -2.52. The summed E-state index contributed by atoms with van der Waals surface area (Å²) in [6.45, 7) is 7.16. The second-order valence-electron chi connectivity index (χ2n) is 6.73. The monoisotopic (exact) mass is 345 g/mol. The van der Waals surface area contributed by atoms with E-state index in [-0.39, 0.29) is 11.8 Å². The highest BCUT2D eigenvalue weighted by Crippen LogP contribution is 2.23. The minimum atomic E-state index is -0.407. The summed E-state index contributed by atoms with van der Waals surface area (Å²) in [6.07, 6.45) is 1.50. The second kappa shape index (κ2) is 8.45. The van der Waals surface area contributed by atoms with Gasteiger partial charge in [-0.25, -0.2) is 0 Å². The van der Waals surface area contributed by atoms with E-state index in [1.54, 1.807) is 4.90 Å². The minimum Gasteiger partial charge on any atom is -0.379 e. The molecule has 6 heteroatoms. The van der Waals surface area contributed by atoms with Crippen molar-refractivity contribution >= 4 is 11.8 Å².